The van der Waals surface area contributed by atoms with Crippen molar-refractivity contribution in [3.8, 4) is 0 Å². The van der Waals surface area contributed by atoms with Gasteiger partial charge in [-0.2, -0.15) is 10.2 Å². The highest BCUT2D eigenvalue weighted by Gasteiger charge is 2.25. The summed E-state index contributed by atoms with van der Waals surface area (Å²) in [5.41, 5.74) is 0.835. The first-order valence-electron chi connectivity index (χ1n) is 7.79. The van der Waals surface area contributed by atoms with E-state index in [4.69, 9.17) is 0 Å². The Hall–Kier alpha value is -2.18. The van der Waals surface area contributed by atoms with Gasteiger partial charge in [0.05, 0.1) is 18.2 Å². The Balaban J connectivity index is 1.61. The van der Waals surface area contributed by atoms with Crippen LogP contribution in [0.2, 0.25) is 0 Å². The van der Waals surface area contributed by atoms with Crippen molar-refractivity contribution in [2.24, 2.45) is 0 Å². The third-order valence-electron chi connectivity index (χ3n) is 4.08. The van der Waals surface area contributed by atoms with E-state index in [9.17, 15) is 4.79 Å². The van der Waals surface area contributed by atoms with Crippen molar-refractivity contribution in [1.82, 2.24) is 29.4 Å². The van der Waals surface area contributed by atoms with Crippen LogP contribution in [0.3, 0.4) is 0 Å². The van der Waals surface area contributed by atoms with Crippen LogP contribution in [-0.4, -0.2) is 48.4 Å². The van der Waals surface area contributed by atoms with Gasteiger partial charge in [0.15, 0.2) is 0 Å². The second-order valence-electron chi connectivity index (χ2n) is 6.07. The van der Waals surface area contributed by atoms with Gasteiger partial charge in [-0.25, -0.2) is 9.67 Å². The molecule has 0 unspecified atom stereocenters. The van der Waals surface area contributed by atoms with Crippen molar-refractivity contribution in [3.05, 3.63) is 30.6 Å². The highest BCUT2D eigenvalue weighted by atomic mass is 16.2. The molecule has 118 valence electrons. The fourth-order valence-electron chi connectivity index (χ4n) is 2.83. The molecule has 0 bridgehead atoms. The van der Waals surface area contributed by atoms with Crippen LogP contribution in [0.25, 0.3) is 0 Å². The van der Waals surface area contributed by atoms with Crippen molar-refractivity contribution >= 4 is 5.91 Å². The normalized spacial score (nSPS) is 18.9. The average Bonchev–Trinajstić information content (AvgIpc) is 3.19. The highest BCUT2D eigenvalue weighted by Crippen LogP contribution is 2.20. The summed E-state index contributed by atoms with van der Waals surface area (Å²) in [6, 6.07) is 2.47. The number of aromatic nitrogens is 5. The first-order chi connectivity index (χ1) is 10.6. The number of nitrogens with zero attached hydrogens (tertiary/aromatic N) is 6. The Morgan fingerprint density at radius 3 is 3.00 bits per heavy atom. The van der Waals surface area contributed by atoms with Crippen LogP contribution < -0.4 is 0 Å². The lowest BCUT2D eigenvalue weighted by molar-refractivity contribution is -0.132. The molecule has 1 fully saturated rings. The summed E-state index contributed by atoms with van der Waals surface area (Å²) < 4.78 is 3.74. The quantitative estimate of drug-likeness (QED) is 0.857. The van der Waals surface area contributed by atoms with Crippen LogP contribution in [0.5, 0.6) is 0 Å². The Morgan fingerprint density at radius 1 is 1.45 bits per heavy atom. The van der Waals surface area contributed by atoms with E-state index in [1.165, 1.54) is 0 Å². The van der Waals surface area contributed by atoms with Gasteiger partial charge >= 0.3 is 0 Å². The van der Waals surface area contributed by atoms with Crippen LogP contribution in [-0.2, 0) is 11.2 Å². The van der Waals surface area contributed by atoms with Gasteiger partial charge in [0, 0.05) is 25.3 Å². The molecule has 3 heterocycles. The van der Waals surface area contributed by atoms with Crippen molar-refractivity contribution < 1.29 is 4.79 Å². The zero-order valence-electron chi connectivity index (χ0n) is 13.1. The number of rotatable bonds is 4. The maximum atomic E-state index is 12.5. The molecule has 2 aromatic heterocycles. The maximum Gasteiger partial charge on any atom is 0.228 e. The van der Waals surface area contributed by atoms with E-state index in [2.05, 4.69) is 29.0 Å². The fraction of sp³-hybridized carbons (Fsp3) is 0.600. The molecule has 7 nitrogen and oxygen atoms in total. The molecule has 7 heteroatoms. The number of carbonyl (C=O) groups is 1. The van der Waals surface area contributed by atoms with E-state index in [-0.39, 0.29) is 11.9 Å². The minimum Gasteiger partial charge on any atom is -0.340 e. The summed E-state index contributed by atoms with van der Waals surface area (Å²) >= 11 is 0. The highest BCUT2D eigenvalue weighted by molar-refractivity contribution is 5.78. The van der Waals surface area contributed by atoms with Gasteiger partial charge in [-0.1, -0.05) is 0 Å². The lowest BCUT2D eigenvalue weighted by Gasteiger charge is -2.32. The number of hydrogen-bond acceptors (Lipinski definition) is 4. The Morgan fingerprint density at radius 2 is 2.32 bits per heavy atom. The molecule has 1 atom stereocenters. The van der Waals surface area contributed by atoms with Gasteiger partial charge in [-0.3, -0.25) is 9.48 Å². The van der Waals surface area contributed by atoms with Crippen molar-refractivity contribution in [2.75, 3.05) is 13.1 Å². The second kappa shape index (κ2) is 6.29. The molecule has 22 heavy (non-hydrogen) atoms. The van der Waals surface area contributed by atoms with Crippen molar-refractivity contribution in [3.63, 3.8) is 0 Å². The number of hydrogen-bond donors (Lipinski definition) is 0. The third kappa shape index (κ3) is 3.18. The van der Waals surface area contributed by atoms with Gasteiger partial charge in [0.2, 0.25) is 5.91 Å². The maximum absolute atomic E-state index is 12.5. The van der Waals surface area contributed by atoms with Crippen LogP contribution in [0, 0.1) is 0 Å². The monoisotopic (exact) mass is 302 g/mol. The standard InChI is InChI=1S/C15H22N6O/c1-12(2)20-7-5-13(18-20)8-15(22)19-6-3-4-14(9-19)21-11-16-10-17-21/h5,7,10-12,14H,3-4,6,8-9H2,1-2H3/t14-/m1/s1. The van der Waals surface area contributed by atoms with E-state index in [1.807, 2.05) is 26.5 Å². The summed E-state index contributed by atoms with van der Waals surface area (Å²) in [5, 5.41) is 8.65. The molecule has 0 spiro atoms. The van der Waals surface area contributed by atoms with E-state index in [0.29, 0.717) is 19.0 Å². The molecule has 0 radical (unpaired) electrons. The predicted molar refractivity (Wildman–Crippen MR) is 81.2 cm³/mol. The molecule has 1 aliphatic rings. The third-order valence-corrected chi connectivity index (χ3v) is 4.08. The van der Waals surface area contributed by atoms with Crippen LogP contribution >= 0.6 is 0 Å². The Bertz CT molecular complexity index is 618. The van der Waals surface area contributed by atoms with E-state index in [1.54, 1.807) is 12.7 Å². The first-order valence-corrected chi connectivity index (χ1v) is 7.79. The van der Waals surface area contributed by atoms with E-state index < -0.39 is 0 Å². The number of piperidine rings is 1. The molecule has 0 aromatic carbocycles. The zero-order valence-corrected chi connectivity index (χ0v) is 13.1. The number of likely N-dealkylation sites (tertiary alicyclic amines) is 1. The van der Waals surface area contributed by atoms with E-state index >= 15 is 0 Å². The minimum atomic E-state index is 0.138. The van der Waals surface area contributed by atoms with Gasteiger partial charge < -0.3 is 4.90 Å². The smallest absolute Gasteiger partial charge is 0.228 e. The summed E-state index contributed by atoms with van der Waals surface area (Å²) in [4.78, 5) is 18.4. The Kier molecular flexibility index (Phi) is 4.22. The molecule has 2 aromatic rings. The second-order valence-corrected chi connectivity index (χ2v) is 6.07. The fourth-order valence-corrected chi connectivity index (χ4v) is 2.83. The molecule has 1 amide bonds. The molecule has 0 saturated carbocycles. The Labute approximate surface area is 129 Å². The molecule has 0 aliphatic carbocycles. The molecular formula is C15H22N6O. The topological polar surface area (TPSA) is 68.8 Å². The SMILES string of the molecule is CC(C)n1ccc(CC(=O)N2CCC[C@@H](n3cncn3)C2)n1. The molecule has 1 aliphatic heterocycles. The molecule has 0 N–H and O–H groups in total. The summed E-state index contributed by atoms with van der Waals surface area (Å²) in [5.74, 6) is 0.138. The summed E-state index contributed by atoms with van der Waals surface area (Å²) in [7, 11) is 0. The number of amides is 1. The largest absolute Gasteiger partial charge is 0.340 e. The molecule has 1 saturated heterocycles. The van der Waals surface area contributed by atoms with Crippen molar-refractivity contribution in [2.45, 2.75) is 45.2 Å². The van der Waals surface area contributed by atoms with Gasteiger partial charge in [-0.15, -0.1) is 0 Å². The summed E-state index contributed by atoms with van der Waals surface area (Å²) in [6.45, 7) is 5.67. The van der Waals surface area contributed by atoms with Gasteiger partial charge in [-0.05, 0) is 32.8 Å². The van der Waals surface area contributed by atoms with Crippen LogP contribution in [0.4, 0.5) is 0 Å². The predicted octanol–water partition coefficient (Wildman–Crippen LogP) is 1.46. The van der Waals surface area contributed by atoms with Gasteiger partial charge in [0.1, 0.15) is 12.7 Å². The van der Waals surface area contributed by atoms with Crippen LogP contribution in [0.1, 0.15) is 44.5 Å². The van der Waals surface area contributed by atoms with E-state index in [0.717, 1.165) is 25.1 Å². The zero-order chi connectivity index (χ0) is 15.5. The lowest BCUT2D eigenvalue weighted by Crippen LogP contribution is -2.41. The lowest BCUT2D eigenvalue weighted by atomic mass is 10.1. The molecule has 3 rings (SSSR count). The average molecular weight is 302 g/mol. The minimum absolute atomic E-state index is 0.138. The first kappa shape index (κ1) is 14.7. The van der Waals surface area contributed by atoms with Crippen molar-refractivity contribution in [1.29, 1.82) is 0 Å². The summed E-state index contributed by atoms with van der Waals surface area (Å²) in [6.07, 6.45) is 7.60. The molecular weight excluding hydrogens is 280 g/mol. The van der Waals surface area contributed by atoms with Gasteiger partial charge in [0.25, 0.3) is 0 Å². The van der Waals surface area contributed by atoms with Crippen LogP contribution in [0.15, 0.2) is 24.9 Å². The number of carbonyl (C=O) groups excluding carboxylic acids is 1.